The third-order valence-corrected chi connectivity index (χ3v) is 3.54. The molecule has 1 aromatic carbocycles. The van der Waals surface area contributed by atoms with Gasteiger partial charge in [0.1, 0.15) is 0 Å². The number of nitrogens with one attached hydrogen (secondary N) is 1. The van der Waals surface area contributed by atoms with Crippen LogP contribution < -0.4 is 5.32 Å². The summed E-state index contributed by atoms with van der Waals surface area (Å²) < 4.78 is 0. The molecule has 0 aliphatic heterocycles. The standard InChI is InChI=1S/C17H28N2O/c1-14-9-10-16(13-15(14)2)7-5-8-17(20)18-11-6-12-19(3)4/h9-10,13H,5-8,11-12H2,1-4H3,(H,18,20). The van der Waals surface area contributed by atoms with E-state index in [1.54, 1.807) is 0 Å². The monoisotopic (exact) mass is 276 g/mol. The highest BCUT2D eigenvalue weighted by molar-refractivity contribution is 5.75. The van der Waals surface area contributed by atoms with Gasteiger partial charge in [-0.2, -0.15) is 0 Å². The molecule has 0 aromatic heterocycles. The minimum absolute atomic E-state index is 0.174. The Morgan fingerprint density at radius 1 is 1.15 bits per heavy atom. The summed E-state index contributed by atoms with van der Waals surface area (Å²) in [7, 11) is 4.09. The van der Waals surface area contributed by atoms with Gasteiger partial charge in [0, 0.05) is 13.0 Å². The molecule has 0 aliphatic carbocycles. The van der Waals surface area contributed by atoms with Crippen molar-refractivity contribution in [3.8, 4) is 0 Å². The lowest BCUT2D eigenvalue weighted by atomic mass is 10.0. The molecule has 0 fully saturated rings. The Labute approximate surface area is 123 Å². The van der Waals surface area contributed by atoms with Gasteiger partial charge >= 0.3 is 0 Å². The number of benzene rings is 1. The zero-order valence-electron chi connectivity index (χ0n) is 13.3. The molecule has 1 amide bonds. The Hall–Kier alpha value is -1.35. The second-order valence-corrected chi connectivity index (χ2v) is 5.78. The van der Waals surface area contributed by atoms with Crippen molar-refractivity contribution in [2.24, 2.45) is 0 Å². The third-order valence-electron chi connectivity index (χ3n) is 3.54. The molecule has 112 valence electrons. The van der Waals surface area contributed by atoms with Crippen molar-refractivity contribution in [2.45, 2.75) is 39.5 Å². The quantitative estimate of drug-likeness (QED) is 0.740. The first kappa shape index (κ1) is 16.7. The second kappa shape index (κ2) is 8.75. The molecule has 0 saturated heterocycles. The zero-order chi connectivity index (χ0) is 15.0. The Balaban J connectivity index is 2.16. The van der Waals surface area contributed by atoms with E-state index in [0.29, 0.717) is 6.42 Å². The lowest BCUT2D eigenvalue weighted by Crippen LogP contribution is -2.26. The molecule has 0 unspecified atom stereocenters. The van der Waals surface area contributed by atoms with E-state index in [0.717, 1.165) is 32.4 Å². The Morgan fingerprint density at radius 2 is 1.90 bits per heavy atom. The van der Waals surface area contributed by atoms with Gasteiger partial charge in [0.2, 0.25) is 5.91 Å². The summed E-state index contributed by atoms with van der Waals surface area (Å²) in [5.74, 6) is 0.174. The maximum absolute atomic E-state index is 11.7. The van der Waals surface area contributed by atoms with Gasteiger partial charge in [-0.25, -0.2) is 0 Å². The fourth-order valence-electron chi connectivity index (χ4n) is 2.12. The fraction of sp³-hybridized carbons (Fsp3) is 0.588. The third kappa shape index (κ3) is 6.71. The van der Waals surface area contributed by atoms with Crippen molar-refractivity contribution in [1.29, 1.82) is 0 Å². The van der Waals surface area contributed by atoms with E-state index in [1.165, 1.54) is 16.7 Å². The topological polar surface area (TPSA) is 32.3 Å². The highest BCUT2D eigenvalue weighted by Gasteiger charge is 2.02. The molecule has 3 heteroatoms. The minimum atomic E-state index is 0.174. The minimum Gasteiger partial charge on any atom is -0.356 e. The van der Waals surface area contributed by atoms with Crippen LogP contribution in [0.3, 0.4) is 0 Å². The largest absolute Gasteiger partial charge is 0.356 e. The first-order chi connectivity index (χ1) is 9.49. The fourth-order valence-corrected chi connectivity index (χ4v) is 2.12. The van der Waals surface area contributed by atoms with Crippen LogP contribution in [-0.4, -0.2) is 38.0 Å². The van der Waals surface area contributed by atoms with Gasteiger partial charge in [0.15, 0.2) is 0 Å². The number of carbonyl (C=O) groups is 1. The van der Waals surface area contributed by atoms with Crippen LogP contribution in [0, 0.1) is 13.8 Å². The van der Waals surface area contributed by atoms with Crippen LogP contribution in [0.5, 0.6) is 0 Å². The molecule has 20 heavy (non-hydrogen) atoms. The summed E-state index contributed by atoms with van der Waals surface area (Å²) in [5.41, 5.74) is 3.98. The van der Waals surface area contributed by atoms with E-state index in [9.17, 15) is 4.79 Å². The molecule has 0 aliphatic rings. The molecule has 1 N–H and O–H groups in total. The number of hydrogen-bond donors (Lipinski definition) is 1. The Morgan fingerprint density at radius 3 is 2.55 bits per heavy atom. The number of aryl methyl sites for hydroxylation is 3. The van der Waals surface area contributed by atoms with Gasteiger partial charge in [-0.3, -0.25) is 4.79 Å². The smallest absolute Gasteiger partial charge is 0.220 e. The highest BCUT2D eigenvalue weighted by atomic mass is 16.1. The average molecular weight is 276 g/mol. The van der Waals surface area contributed by atoms with Crippen LogP contribution in [0.2, 0.25) is 0 Å². The summed E-state index contributed by atoms with van der Waals surface area (Å²) in [6, 6.07) is 6.55. The molecule has 0 bridgehead atoms. The maximum atomic E-state index is 11.7. The number of carbonyl (C=O) groups excluding carboxylic acids is 1. The second-order valence-electron chi connectivity index (χ2n) is 5.78. The number of amides is 1. The van der Waals surface area contributed by atoms with Gasteiger partial charge in [0.25, 0.3) is 0 Å². The van der Waals surface area contributed by atoms with Crippen LogP contribution in [-0.2, 0) is 11.2 Å². The number of hydrogen-bond acceptors (Lipinski definition) is 2. The van der Waals surface area contributed by atoms with Crippen molar-refractivity contribution in [2.75, 3.05) is 27.2 Å². The average Bonchev–Trinajstić information content (AvgIpc) is 2.39. The molecule has 1 aromatic rings. The SMILES string of the molecule is Cc1ccc(CCCC(=O)NCCCN(C)C)cc1C. The van der Waals surface area contributed by atoms with E-state index in [2.05, 4.69) is 42.3 Å². The first-order valence-corrected chi connectivity index (χ1v) is 7.46. The summed E-state index contributed by atoms with van der Waals surface area (Å²) in [6.45, 7) is 6.06. The highest BCUT2D eigenvalue weighted by Crippen LogP contribution is 2.12. The van der Waals surface area contributed by atoms with Crippen molar-refractivity contribution >= 4 is 5.91 Å². The van der Waals surface area contributed by atoms with Crippen molar-refractivity contribution in [3.63, 3.8) is 0 Å². The molecule has 0 radical (unpaired) electrons. The van der Waals surface area contributed by atoms with Crippen molar-refractivity contribution in [3.05, 3.63) is 34.9 Å². The molecular weight excluding hydrogens is 248 g/mol. The van der Waals surface area contributed by atoms with Crippen LogP contribution in [0.4, 0.5) is 0 Å². The molecule has 1 rings (SSSR count). The first-order valence-electron chi connectivity index (χ1n) is 7.46. The molecular formula is C17H28N2O. The predicted molar refractivity (Wildman–Crippen MR) is 85.0 cm³/mol. The maximum Gasteiger partial charge on any atom is 0.220 e. The molecule has 0 saturated carbocycles. The van der Waals surface area contributed by atoms with Crippen LogP contribution in [0.15, 0.2) is 18.2 Å². The Bertz CT molecular complexity index is 427. The molecule has 0 spiro atoms. The summed E-state index contributed by atoms with van der Waals surface area (Å²) in [5, 5.41) is 2.98. The van der Waals surface area contributed by atoms with Gasteiger partial charge in [0.05, 0.1) is 0 Å². The van der Waals surface area contributed by atoms with Crippen LogP contribution >= 0.6 is 0 Å². The van der Waals surface area contributed by atoms with Crippen LogP contribution in [0.25, 0.3) is 0 Å². The van der Waals surface area contributed by atoms with E-state index in [1.807, 2.05) is 14.1 Å². The lowest BCUT2D eigenvalue weighted by Gasteiger charge is -2.10. The van der Waals surface area contributed by atoms with Crippen molar-refractivity contribution < 1.29 is 4.79 Å². The van der Waals surface area contributed by atoms with E-state index >= 15 is 0 Å². The van der Waals surface area contributed by atoms with Gasteiger partial charge in [-0.15, -0.1) is 0 Å². The van der Waals surface area contributed by atoms with Gasteiger partial charge < -0.3 is 10.2 Å². The summed E-state index contributed by atoms with van der Waals surface area (Å²) in [4.78, 5) is 13.8. The van der Waals surface area contributed by atoms with Gasteiger partial charge in [-0.05, 0) is 70.4 Å². The number of nitrogens with zero attached hydrogens (tertiary/aromatic N) is 1. The zero-order valence-corrected chi connectivity index (χ0v) is 13.3. The normalized spacial score (nSPS) is 10.8. The molecule has 0 atom stereocenters. The molecule has 0 heterocycles. The summed E-state index contributed by atoms with van der Waals surface area (Å²) in [6.07, 6.45) is 3.53. The lowest BCUT2D eigenvalue weighted by molar-refractivity contribution is -0.121. The van der Waals surface area contributed by atoms with Crippen molar-refractivity contribution in [1.82, 2.24) is 10.2 Å². The summed E-state index contributed by atoms with van der Waals surface area (Å²) >= 11 is 0. The Kier molecular flexibility index (Phi) is 7.31. The van der Waals surface area contributed by atoms with E-state index in [4.69, 9.17) is 0 Å². The predicted octanol–water partition coefficient (Wildman–Crippen LogP) is 2.69. The van der Waals surface area contributed by atoms with E-state index in [-0.39, 0.29) is 5.91 Å². The van der Waals surface area contributed by atoms with Crippen LogP contribution in [0.1, 0.15) is 36.0 Å². The number of rotatable bonds is 8. The van der Waals surface area contributed by atoms with E-state index < -0.39 is 0 Å². The van der Waals surface area contributed by atoms with Gasteiger partial charge in [-0.1, -0.05) is 18.2 Å². The molecule has 3 nitrogen and oxygen atoms in total.